The minimum atomic E-state index is -0.116. The number of aliphatic hydroxyl groups excluding tert-OH is 7. The van der Waals surface area contributed by atoms with Crippen LogP contribution in [0.2, 0.25) is 5.02 Å². The van der Waals surface area contributed by atoms with Gasteiger partial charge in [-0.3, -0.25) is 4.79 Å². The average Bonchev–Trinajstić information content (AvgIpc) is 3.22. The van der Waals surface area contributed by atoms with Crippen LogP contribution in [0.25, 0.3) is 0 Å². The van der Waals surface area contributed by atoms with Gasteiger partial charge in [0.05, 0.1) is 45.2 Å². The van der Waals surface area contributed by atoms with E-state index in [1.54, 1.807) is 13.8 Å². The van der Waals surface area contributed by atoms with Crippen molar-refractivity contribution in [3.8, 4) is 0 Å². The lowest BCUT2D eigenvalue weighted by Gasteiger charge is -2.14. The molecule has 0 bridgehead atoms. The predicted octanol–water partition coefficient (Wildman–Crippen LogP) is 8.66. The van der Waals surface area contributed by atoms with Crippen LogP contribution in [0.1, 0.15) is 150 Å². The Hall–Kier alpha value is -2.25. The summed E-state index contributed by atoms with van der Waals surface area (Å²) in [5, 5.41) is 58.9. The minimum absolute atomic E-state index is 0.0278. The minimum Gasteiger partial charge on any atom is -0.396 e. The van der Waals surface area contributed by atoms with E-state index >= 15 is 0 Å². The van der Waals surface area contributed by atoms with Crippen LogP contribution >= 0.6 is 11.6 Å². The molecule has 2 fully saturated rings. The fraction of sp³-hybridized carbons (Fsp3) is 0.689. The summed E-state index contributed by atoms with van der Waals surface area (Å²) in [6, 6.07) is 19.0. The Balaban J connectivity index is -0.000000175. The molecule has 7 N–H and O–H groups in total. The third-order valence-electron chi connectivity index (χ3n) is 7.33. The molecule has 1 unspecified atom stereocenters. The van der Waals surface area contributed by atoms with Crippen LogP contribution in [0.15, 0.2) is 60.7 Å². The largest absolute Gasteiger partial charge is 0.396 e. The second kappa shape index (κ2) is 57.1. The van der Waals surface area contributed by atoms with Gasteiger partial charge in [-0.15, -0.1) is 0 Å². The molecule has 2 aromatic rings. The van der Waals surface area contributed by atoms with Crippen LogP contribution < -0.4 is 0 Å². The highest BCUT2D eigenvalue weighted by Crippen LogP contribution is 2.16. The topological polar surface area (TPSA) is 185 Å². The molecule has 0 heterocycles. The standard InChI is InChI=1S/C7H8O.C6H5Cl.C6H12O.C6H10O.C4H10O3.C4H10O.C4H8O.2C4H10O/c8-6-7-4-2-1-3-5-7;3*7-6-4-2-1-3-5-6;5-1-3-7-4-2-6;2*1-3-4(2)5;2*1-2-3-4-5/h1-5,8H,6H2;1-5H;6-7H,1-5H2;1-5H2;5-6H,1-4H2;4-5H,3H2,1-2H3;3H2,1-2H3;2*5H,2-4H2,1H3. The zero-order valence-corrected chi connectivity index (χ0v) is 36.7. The van der Waals surface area contributed by atoms with E-state index in [2.05, 4.69) is 18.6 Å². The second-order valence-electron chi connectivity index (χ2n) is 12.9. The van der Waals surface area contributed by atoms with Gasteiger partial charge >= 0.3 is 0 Å². The first-order valence-corrected chi connectivity index (χ1v) is 21.0. The summed E-state index contributed by atoms with van der Waals surface area (Å²) in [5.41, 5.74) is 0.965. The van der Waals surface area contributed by atoms with Gasteiger partial charge < -0.3 is 45.3 Å². The normalized spacial score (nSPS) is 13.1. The Kier molecular flexibility index (Phi) is 64.1. The first-order chi connectivity index (χ1) is 26.9. The summed E-state index contributed by atoms with van der Waals surface area (Å²) in [4.78, 5) is 20.3. The number of carbonyl (C=O) groups is 2. The number of ether oxygens (including phenoxy) is 1. The molecule has 330 valence electrons. The molecule has 2 saturated carbocycles. The number of hydrogen-bond donors (Lipinski definition) is 7. The van der Waals surface area contributed by atoms with E-state index in [1.807, 2.05) is 74.5 Å². The van der Waals surface area contributed by atoms with Crippen LogP contribution in [-0.4, -0.2) is 99.2 Å². The highest BCUT2D eigenvalue weighted by atomic mass is 35.5. The number of hydrogen-bond acceptors (Lipinski definition) is 10. The predicted molar refractivity (Wildman–Crippen MR) is 233 cm³/mol. The van der Waals surface area contributed by atoms with Crippen molar-refractivity contribution in [3.05, 3.63) is 71.2 Å². The smallest absolute Gasteiger partial charge is 0.132 e. The van der Waals surface area contributed by atoms with Crippen LogP contribution in [0.5, 0.6) is 0 Å². The van der Waals surface area contributed by atoms with Crippen molar-refractivity contribution < 1.29 is 50.1 Å². The molecule has 11 heteroatoms. The molecular formula is C45H83ClO10. The molecule has 2 aliphatic rings. The highest BCUT2D eigenvalue weighted by molar-refractivity contribution is 6.30. The third-order valence-corrected chi connectivity index (χ3v) is 7.58. The molecular weight excluding hydrogens is 736 g/mol. The van der Waals surface area contributed by atoms with E-state index in [0.29, 0.717) is 38.6 Å². The van der Waals surface area contributed by atoms with E-state index in [4.69, 9.17) is 47.3 Å². The van der Waals surface area contributed by atoms with Crippen molar-refractivity contribution in [1.29, 1.82) is 0 Å². The van der Waals surface area contributed by atoms with Gasteiger partial charge in [-0.1, -0.05) is 126 Å². The first-order valence-electron chi connectivity index (χ1n) is 20.6. The van der Waals surface area contributed by atoms with Crippen molar-refractivity contribution in [3.63, 3.8) is 0 Å². The molecule has 2 aromatic carbocycles. The van der Waals surface area contributed by atoms with Gasteiger partial charge in [0.1, 0.15) is 11.6 Å². The van der Waals surface area contributed by atoms with Gasteiger partial charge in [-0.2, -0.15) is 0 Å². The lowest BCUT2D eigenvalue weighted by molar-refractivity contribution is -0.120. The summed E-state index contributed by atoms with van der Waals surface area (Å²) in [6.07, 6.45) is 16.7. The monoisotopic (exact) mass is 819 g/mol. The summed E-state index contributed by atoms with van der Waals surface area (Å²) < 4.78 is 4.63. The summed E-state index contributed by atoms with van der Waals surface area (Å²) in [7, 11) is 0. The van der Waals surface area contributed by atoms with Gasteiger partial charge in [0.15, 0.2) is 0 Å². The number of Topliss-reactive ketones (excluding diaryl/α,β-unsaturated/α-hetero) is 2. The van der Waals surface area contributed by atoms with Crippen molar-refractivity contribution in [2.24, 2.45) is 0 Å². The van der Waals surface area contributed by atoms with Crippen molar-refractivity contribution in [2.75, 3.05) is 39.6 Å². The summed E-state index contributed by atoms with van der Waals surface area (Å²) in [6.45, 7) is 12.8. The zero-order valence-electron chi connectivity index (χ0n) is 35.9. The zero-order chi connectivity index (χ0) is 43.5. The summed E-state index contributed by atoms with van der Waals surface area (Å²) in [5.74, 6) is 0.719. The average molecular weight is 820 g/mol. The maximum Gasteiger partial charge on any atom is 0.132 e. The number of ketones is 2. The molecule has 56 heavy (non-hydrogen) atoms. The Labute approximate surface area is 346 Å². The van der Waals surface area contributed by atoms with E-state index in [-0.39, 0.29) is 37.8 Å². The number of halogens is 1. The van der Waals surface area contributed by atoms with Gasteiger partial charge in [-0.05, 0) is 76.5 Å². The SMILES string of the molecule is CCC(C)=O.CCC(C)O.CCCCO.CCCCO.Clc1ccccc1.O=C1CCCCC1.OC1CCCCC1.OCCOCCO.OCc1ccccc1. The Morgan fingerprint density at radius 1 is 0.714 bits per heavy atom. The maximum atomic E-state index is 10.5. The molecule has 4 rings (SSSR count). The van der Waals surface area contributed by atoms with Gasteiger partial charge in [0.2, 0.25) is 0 Å². The van der Waals surface area contributed by atoms with E-state index in [9.17, 15) is 9.59 Å². The van der Waals surface area contributed by atoms with E-state index in [0.717, 1.165) is 81.2 Å². The second-order valence-corrected chi connectivity index (χ2v) is 13.3. The fourth-order valence-electron chi connectivity index (χ4n) is 3.57. The third kappa shape index (κ3) is 69.6. The van der Waals surface area contributed by atoms with Gasteiger partial charge in [0.25, 0.3) is 0 Å². The lowest BCUT2D eigenvalue weighted by Crippen LogP contribution is -2.09. The van der Waals surface area contributed by atoms with Crippen molar-refractivity contribution >= 4 is 23.2 Å². The molecule has 0 radical (unpaired) electrons. The molecule has 0 aliphatic heterocycles. The molecule has 0 amide bonds. The molecule has 0 saturated heterocycles. The molecule has 2 aliphatic carbocycles. The number of carbonyl (C=O) groups excluding carboxylic acids is 2. The number of rotatable bonds is 11. The fourth-order valence-corrected chi connectivity index (χ4v) is 3.72. The highest BCUT2D eigenvalue weighted by Gasteiger charge is 2.08. The number of aliphatic hydroxyl groups is 7. The van der Waals surface area contributed by atoms with Gasteiger partial charge in [-0.25, -0.2) is 0 Å². The first kappa shape index (κ1) is 62.9. The Morgan fingerprint density at radius 2 is 1.11 bits per heavy atom. The molecule has 0 aromatic heterocycles. The van der Waals surface area contributed by atoms with Crippen LogP contribution in [0.3, 0.4) is 0 Å². The maximum absolute atomic E-state index is 10.5. The van der Waals surface area contributed by atoms with Crippen LogP contribution in [0, 0.1) is 0 Å². The molecule has 1 atom stereocenters. The Morgan fingerprint density at radius 3 is 1.29 bits per heavy atom. The lowest BCUT2D eigenvalue weighted by atomic mass is 9.98. The van der Waals surface area contributed by atoms with Crippen LogP contribution in [-0.2, 0) is 20.9 Å². The van der Waals surface area contributed by atoms with Crippen LogP contribution in [0.4, 0.5) is 0 Å². The summed E-state index contributed by atoms with van der Waals surface area (Å²) >= 11 is 5.54. The number of benzene rings is 2. The molecule has 0 spiro atoms. The van der Waals surface area contributed by atoms with Gasteiger partial charge in [0, 0.05) is 37.5 Å². The quantitative estimate of drug-likeness (QED) is 0.108. The number of unbranched alkanes of at least 4 members (excludes halogenated alkanes) is 2. The van der Waals surface area contributed by atoms with E-state index in [1.165, 1.54) is 25.7 Å². The van der Waals surface area contributed by atoms with Crippen molar-refractivity contribution in [2.45, 2.75) is 163 Å². The van der Waals surface area contributed by atoms with Crippen molar-refractivity contribution in [1.82, 2.24) is 0 Å². The Bertz CT molecular complexity index is 953. The van der Waals surface area contributed by atoms with E-state index < -0.39 is 0 Å². The molecule has 10 nitrogen and oxygen atoms in total.